The fourth-order valence-corrected chi connectivity index (χ4v) is 2.48. The number of carbonyl (C=O) groups is 1. The Labute approximate surface area is 112 Å². The second-order valence-corrected chi connectivity index (χ2v) is 5.37. The van der Waals surface area contributed by atoms with Crippen LogP contribution >= 0.6 is 27.3 Å². The predicted octanol–water partition coefficient (Wildman–Crippen LogP) is 3.77. The lowest BCUT2D eigenvalue weighted by Crippen LogP contribution is -2.13. The van der Waals surface area contributed by atoms with Crippen LogP contribution in [0.25, 0.3) is 0 Å². The minimum Gasteiger partial charge on any atom is -0.298 e. The lowest BCUT2D eigenvalue weighted by Gasteiger charge is -2.06. The molecule has 0 saturated heterocycles. The van der Waals surface area contributed by atoms with Gasteiger partial charge in [0.15, 0.2) is 5.13 Å². The normalized spacial score (nSPS) is 10.3. The molecule has 0 aliphatic heterocycles. The highest BCUT2D eigenvalue weighted by Crippen LogP contribution is 2.21. The van der Waals surface area contributed by atoms with Gasteiger partial charge in [0, 0.05) is 15.4 Å². The summed E-state index contributed by atoms with van der Waals surface area (Å²) in [5, 5.41) is 5.33. The summed E-state index contributed by atoms with van der Waals surface area (Å²) in [5.41, 5.74) is 2.50. The van der Waals surface area contributed by atoms with Gasteiger partial charge in [0.05, 0.1) is 5.69 Å². The highest BCUT2D eigenvalue weighted by Gasteiger charge is 2.12. The maximum atomic E-state index is 12.0. The highest BCUT2D eigenvalue weighted by molar-refractivity contribution is 9.10. The van der Waals surface area contributed by atoms with Crippen LogP contribution in [0.1, 0.15) is 21.6 Å². The molecule has 2 rings (SSSR count). The number of halogens is 1. The molecule has 0 aliphatic rings. The number of thiazole rings is 1. The molecule has 5 heteroatoms. The van der Waals surface area contributed by atoms with E-state index in [1.54, 1.807) is 6.07 Å². The van der Waals surface area contributed by atoms with Gasteiger partial charge in [0.25, 0.3) is 5.91 Å². The number of nitrogens with zero attached hydrogens (tertiary/aromatic N) is 1. The number of aromatic nitrogens is 1. The number of hydrogen-bond acceptors (Lipinski definition) is 3. The maximum Gasteiger partial charge on any atom is 0.257 e. The Morgan fingerprint density at radius 2 is 2.18 bits per heavy atom. The van der Waals surface area contributed by atoms with Gasteiger partial charge in [0.1, 0.15) is 0 Å². The average molecular weight is 311 g/mol. The molecule has 88 valence electrons. The zero-order valence-corrected chi connectivity index (χ0v) is 11.9. The Balaban J connectivity index is 2.23. The van der Waals surface area contributed by atoms with Crippen LogP contribution in [0.4, 0.5) is 5.13 Å². The van der Waals surface area contributed by atoms with Crippen LogP contribution in [-0.4, -0.2) is 10.9 Å². The van der Waals surface area contributed by atoms with Gasteiger partial charge in [-0.3, -0.25) is 10.1 Å². The predicted molar refractivity (Wildman–Crippen MR) is 73.7 cm³/mol. The Hall–Kier alpha value is -1.20. The number of nitrogens with one attached hydrogen (secondary N) is 1. The van der Waals surface area contributed by atoms with Crippen LogP contribution in [0.15, 0.2) is 28.1 Å². The Morgan fingerprint density at radius 1 is 1.41 bits per heavy atom. The second-order valence-electron chi connectivity index (χ2n) is 3.66. The zero-order valence-electron chi connectivity index (χ0n) is 9.45. The first kappa shape index (κ1) is 12.3. The van der Waals surface area contributed by atoms with Crippen molar-refractivity contribution in [3.63, 3.8) is 0 Å². The van der Waals surface area contributed by atoms with E-state index in [-0.39, 0.29) is 5.91 Å². The van der Waals surface area contributed by atoms with Crippen molar-refractivity contribution in [3.8, 4) is 0 Å². The van der Waals surface area contributed by atoms with Crippen LogP contribution in [-0.2, 0) is 0 Å². The van der Waals surface area contributed by atoms with E-state index in [0.717, 1.165) is 15.7 Å². The molecule has 0 spiro atoms. The molecule has 0 saturated carbocycles. The molecule has 0 atom stereocenters. The number of benzene rings is 1. The van der Waals surface area contributed by atoms with Gasteiger partial charge in [-0.15, -0.1) is 11.3 Å². The van der Waals surface area contributed by atoms with Crippen LogP contribution < -0.4 is 5.32 Å². The van der Waals surface area contributed by atoms with Gasteiger partial charge in [-0.1, -0.05) is 22.0 Å². The summed E-state index contributed by atoms with van der Waals surface area (Å²) in [4.78, 5) is 16.2. The number of rotatable bonds is 2. The van der Waals surface area contributed by atoms with Crippen LogP contribution in [0.3, 0.4) is 0 Å². The van der Waals surface area contributed by atoms with E-state index >= 15 is 0 Å². The lowest BCUT2D eigenvalue weighted by molar-refractivity contribution is 0.102. The van der Waals surface area contributed by atoms with E-state index in [2.05, 4.69) is 26.2 Å². The van der Waals surface area contributed by atoms with Gasteiger partial charge < -0.3 is 0 Å². The highest BCUT2D eigenvalue weighted by atomic mass is 79.9. The summed E-state index contributed by atoms with van der Waals surface area (Å²) in [7, 11) is 0. The van der Waals surface area contributed by atoms with Crippen molar-refractivity contribution >= 4 is 38.3 Å². The second kappa shape index (κ2) is 4.98. The van der Waals surface area contributed by atoms with E-state index in [0.29, 0.717) is 10.7 Å². The molecule has 0 aliphatic carbocycles. The first-order valence-corrected chi connectivity index (χ1v) is 6.74. The van der Waals surface area contributed by atoms with Crippen molar-refractivity contribution in [1.29, 1.82) is 0 Å². The largest absolute Gasteiger partial charge is 0.298 e. The van der Waals surface area contributed by atoms with Crippen molar-refractivity contribution in [2.24, 2.45) is 0 Å². The average Bonchev–Trinajstić information content (AvgIpc) is 2.68. The quantitative estimate of drug-likeness (QED) is 0.917. The third-order valence-electron chi connectivity index (χ3n) is 2.35. The van der Waals surface area contributed by atoms with Crippen molar-refractivity contribution in [3.05, 3.63) is 44.9 Å². The molecule has 0 bridgehead atoms. The fraction of sp³-hybridized carbons (Fsp3) is 0.167. The molecular formula is C12H11BrN2OS. The zero-order chi connectivity index (χ0) is 12.4. The van der Waals surface area contributed by atoms with E-state index in [9.17, 15) is 4.79 Å². The van der Waals surface area contributed by atoms with E-state index < -0.39 is 0 Å². The molecule has 0 radical (unpaired) electrons. The number of aryl methyl sites for hydroxylation is 1. The molecule has 1 heterocycles. The smallest absolute Gasteiger partial charge is 0.257 e. The van der Waals surface area contributed by atoms with Crippen molar-refractivity contribution < 1.29 is 4.79 Å². The SMILES string of the molecule is Cc1csc(NC(=O)c2cccc(Br)c2C)n1. The molecule has 2 aromatic rings. The molecule has 0 unspecified atom stereocenters. The summed E-state index contributed by atoms with van der Waals surface area (Å²) >= 11 is 4.84. The van der Waals surface area contributed by atoms with Gasteiger partial charge >= 0.3 is 0 Å². The number of carbonyl (C=O) groups excluding carboxylic acids is 1. The lowest BCUT2D eigenvalue weighted by atomic mass is 10.1. The minimum absolute atomic E-state index is 0.127. The molecule has 1 amide bonds. The molecule has 1 aromatic carbocycles. The Kier molecular flexibility index (Phi) is 3.59. The van der Waals surface area contributed by atoms with Crippen molar-refractivity contribution in [1.82, 2.24) is 4.98 Å². The third-order valence-corrected chi connectivity index (χ3v) is 4.09. The summed E-state index contributed by atoms with van der Waals surface area (Å²) in [6.45, 7) is 3.81. The van der Waals surface area contributed by atoms with Gasteiger partial charge in [-0.2, -0.15) is 0 Å². The van der Waals surface area contributed by atoms with Crippen LogP contribution in [0, 0.1) is 13.8 Å². The molecule has 1 aromatic heterocycles. The molecule has 17 heavy (non-hydrogen) atoms. The molecular weight excluding hydrogens is 300 g/mol. The number of anilines is 1. The van der Waals surface area contributed by atoms with Crippen LogP contribution in [0.5, 0.6) is 0 Å². The van der Waals surface area contributed by atoms with E-state index in [4.69, 9.17) is 0 Å². The first-order valence-electron chi connectivity index (χ1n) is 5.06. The standard InChI is InChI=1S/C12H11BrN2OS/c1-7-6-17-12(14-7)15-11(16)9-4-3-5-10(13)8(9)2/h3-6H,1-2H3,(H,14,15,16). The van der Waals surface area contributed by atoms with Gasteiger partial charge in [-0.05, 0) is 31.5 Å². The van der Waals surface area contributed by atoms with E-state index in [1.807, 2.05) is 31.4 Å². The summed E-state index contributed by atoms with van der Waals surface area (Å²) in [6, 6.07) is 5.56. The van der Waals surface area contributed by atoms with Gasteiger partial charge in [-0.25, -0.2) is 4.98 Å². The van der Waals surface area contributed by atoms with E-state index in [1.165, 1.54) is 11.3 Å². The molecule has 1 N–H and O–H groups in total. The monoisotopic (exact) mass is 310 g/mol. The molecule has 0 fully saturated rings. The number of amides is 1. The Bertz CT molecular complexity index is 565. The maximum absolute atomic E-state index is 12.0. The minimum atomic E-state index is -0.127. The van der Waals surface area contributed by atoms with Crippen molar-refractivity contribution in [2.75, 3.05) is 5.32 Å². The summed E-state index contributed by atoms with van der Waals surface area (Å²) in [6.07, 6.45) is 0. The number of hydrogen-bond donors (Lipinski definition) is 1. The van der Waals surface area contributed by atoms with Crippen LogP contribution in [0.2, 0.25) is 0 Å². The molecule has 3 nitrogen and oxygen atoms in total. The topological polar surface area (TPSA) is 42.0 Å². The first-order chi connectivity index (χ1) is 8.08. The fourth-order valence-electron chi connectivity index (χ4n) is 1.43. The van der Waals surface area contributed by atoms with Crippen molar-refractivity contribution in [2.45, 2.75) is 13.8 Å². The Morgan fingerprint density at radius 3 is 2.82 bits per heavy atom. The summed E-state index contributed by atoms with van der Waals surface area (Å²) < 4.78 is 0.931. The van der Waals surface area contributed by atoms with Gasteiger partial charge in [0.2, 0.25) is 0 Å². The summed E-state index contributed by atoms with van der Waals surface area (Å²) in [5.74, 6) is -0.127. The third kappa shape index (κ3) is 2.73.